The van der Waals surface area contributed by atoms with Crippen molar-refractivity contribution in [1.82, 2.24) is 4.90 Å². The van der Waals surface area contributed by atoms with Gasteiger partial charge in [-0.3, -0.25) is 4.90 Å². The highest BCUT2D eigenvalue weighted by atomic mass is 19.1. The molecule has 2 aromatic rings. The molecule has 0 atom stereocenters. The molecule has 2 aromatic carbocycles. The van der Waals surface area contributed by atoms with Crippen LogP contribution in [-0.4, -0.2) is 11.9 Å². The van der Waals surface area contributed by atoms with Crippen molar-refractivity contribution in [3.05, 3.63) is 70.5 Å². The predicted octanol–water partition coefficient (Wildman–Crippen LogP) is 3.22. The van der Waals surface area contributed by atoms with Crippen molar-refractivity contribution in [2.75, 3.05) is 7.05 Å². The molecule has 0 amide bonds. The van der Waals surface area contributed by atoms with Gasteiger partial charge in [-0.25, -0.2) is 4.39 Å². The third-order valence-electron chi connectivity index (χ3n) is 3.32. The minimum absolute atomic E-state index is 0.224. The molecule has 0 aliphatic heterocycles. The lowest BCUT2D eigenvalue weighted by Crippen LogP contribution is -2.17. The van der Waals surface area contributed by atoms with Crippen LogP contribution in [0, 0.1) is 12.7 Å². The summed E-state index contributed by atoms with van der Waals surface area (Å²) in [4.78, 5) is 2.21. The molecule has 106 valence electrons. The first-order valence-electron chi connectivity index (χ1n) is 6.80. The van der Waals surface area contributed by atoms with Crippen LogP contribution in [0.25, 0.3) is 0 Å². The maximum atomic E-state index is 13.4. The molecule has 0 unspecified atom stereocenters. The molecule has 0 bridgehead atoms. The fourth-order valence-corrected chi connectivity index (χ4v) is 2.37. The standard InChI is InChI=1S/C17H21FN2/c1-13-4-3-5-14(8-13)11-20(2)12-15-6-7-17(18)16(9-15)10-19/h3-9H,10-12,19H2,1-2H3. The Balaban J connectivity index is 2.02. The van der Waals surface area contributed by atoms with Gasteiger partial charge in [-0.05, 0) is 31.2 Å². The number of aryl methyl sites for hydroxylation is 1. The van der Waals surface area contributed by atoms with Crippen LogP contribution in [0.4, 0.5) is 4.39 Å². The van der Waals surface area contributed by atoms with Gasteiger partial charge < -0.3 is 5.73 Å². The van der Waals surface area contributed by atoms with E-state index in [1.807, 2.05) is 12.1 Å². The van der Waals surface area contributed by atoms with Gasteiger partial charge >= 0.3 is 0 Å². The molecule has 2 rings (SSSR count). The number of nitrogens with zero attached hydrogens (tertiary/aromatic N) is 1. The first-order chi connectivity index (χ1) is 9.58. The Morgan fingerprint density at radius 2 is 1.75 bits per heavy atom. The number of nitrogens with two attached hydrogens (primary N) is 1. The van der Waals surface area contributed by atoms with Crippen molar-refractivity contribution in [3.63, 3.8) is 0 Å². The van der Waals surface area contributed by atoms with Crippen LogP contribution in [0.1, 0.15) is 22.3 Å². The van der Waals surface area contributed by atoms with E-state index in [1.54, 1.807) is 0 Å². The van der Waals surface area contributed by atoms with E-state index in [0.717, 1.165) is 18.7 Å². The van der Waals surface area contributed by atoms with E-state index in [1.165, 1.54) is 17.2 Å². The van der Waals surface area contributed by atoms with E-state index in [2.05, 4.69) is 43.1 Å². The fraction of sp³-hybridized carbons (Fsp3) is 0.294. The fourth-order valence-electron chi connectivity index (χ4n) is 2.37. The summed E-state index contributed by atoms with van der Waals surface area (Å²) in [6, 6.07) is 13.6. The third kappa shape index (κ3) is 3.89. The van der Waals surface area contributed by atoms with Crippen LogP contribution in [-0.2, 0) is 19.6 Å². The van der Waals surface area contributed by atoms with Crippen molar-refractivity contribution >= 4 is 0 Å². The number of rotatable bonds is 5. The number of halogens is 1. The summed E-state index contributed by atoms with van der Waals surface area (Å²) >= 11 is 0. The summed E-state index contributed by atoms with van der Waals surface area (Å²) < 4.78 is 13.4. The average Bonchev–Trinajstić information content (AvgIpc) is 2.41. The highest BCUT2D eigenvalue weighted by Gasteiger charge is 2.05. The molecule has 0 heterocycles. The summed E-state index contributed by atoms with van der Waals surface area (Å²) in [6.45, 7) is 3.98. The van der Waals surface area contributed by atoms with Crippen LogP contribution in [0.2, 0.25) is 0 Å². The normalized spacial score (nSPS) is 11.1. The maximum Gasteiger partial charge on any atom is 0.127 e. The second-order valence-corrected chi connectivity index (χ2v) is 5.29. The summed E-state index contributed by atoms with van der Waals surface area (Å²) in [5.74, 6) is -0.224. The molecule has 0 aliphatic carbocycles. The molecule has 2 nitrogen and oxygen atoms in total. The minimum atomic E-state index is -0.224. The monoisotopic (exact) mass is 272 g/mol. The largest absolute Gasteiger partial charge is 0.326 e. The average molecular weight is 272 g/mol. The summed E-state index contributed by atoms with van der Waals surface area (Å²) in [5.41, 5.74) is 9.75. The number of benzene rings is 2. The molecule has 0 radical (unpaired) electrons. The highest BCUT2D eigenvalue weighted by molar-refractivity contribution is 5.25. The summed E-state index contributed by atoms with van der Waals surface area (Å²) in [6.07, 6.45) is 0. The first kappa shape index (κ1) is 14.7. The SMILES string of the molecule is Cc1cccc(CN(C)Cc2ccc(F)c(CN)c2)c1. The summed E-state index contributed by atoms with van der Waals surface area (Å²) in [5, 5.41) is 0. The topological polar surface area (TPSA) is 29.3 Å². The Morgan fingerprint density at radius 1 is 1.05 bits per heavy atom. The van der Waals surface area contributed by atoms with Crippen molar-refractivity contribution in [1.29, 1.82) is 0 Å². The molecular formula is C17H21FN2. The Bertz CT molecular complexity index is 581. The first-order valence-corrected chi connectivity index (χ1v) is 6.80. The van der Waals surface area contributed by atoms with Gasteiger partial charge in [-0.15, -0.1) is 0 Å². The molecule has 2 N–H and O–H groups in total. The van der Waals surface area contributed by atoms with Crippen molar-refractivity contribution in [3.8, 4) is 0 Å². The van der Waals surface area contributed by atoms with E-state index in [-0.39, 0.29) is 12.4 Å². The summed E-state index contributed by atoms with van der Waals surface area (Å²) in [7, 11) is 2.06. The second-order valence-electron chi connectivity index (χ2n) is 5.29. The van der Waals surface area contributed by atoms with E-state index in [0.29, 0.717) is 5.56 Å². The second kappa shape index (κ2) is 6.64. The molecule has 0 aliphatic rings. The van der Waals surface area contributed by atoms with Crippen molar-refractivity contribution in [2.45, 2.75) is 26.6 Å². The maximum absolute atomic E-state index is 13.4. The van der Waals surface area contributed by atoms with Crippen molar-refractivity contribution in [2.24, 2.45) is 5.73 Å². The van der Waals surface area contributed by atoms with Gasteiger partial charge in [0.15, 0.2) is 0 Å². The zero-order chi connectivity index (χ0) is 14.5. The molecule has 20 heavy (non-hydrogen) atoms. The Hall–Kier alpha value is -1.71. The van der Waals surface area contributed by atoms with E-state index in [4.69, 9.17) is 5.73 Å². The van der Waals surface area contributed by atoms with E-state index >= 15 is 0 Å². The number of hydrogen-bond acceptors (Lipinski definition) is 2. The third-order valence-corrected chi connectivity index (χ3v) is 3.32. The van der Waals surface area contributed by atoms with E-state index < -0.39 is 0 Å². The molecule has 0 fully saturated rings. The van der Waals surface area contributed by atoms with E-state index in [9.17, 15) is 4.39 Å². The smallest absolute Gasteiger partial charge is 0.127 e. The number of hydrogen-bond donors (Lipinski definition) is 1. The Labute approximate surface area is 120 Å². The van der Waals surface area contributed by atoms with Gasteiger partial charge in [0, 0.05) is 25.2 Å². The molecule has 0 spiro atoms. The quantitative estimate of drug-likeness (QED) is 0.905. The zero-order valence-electron chi connectivity index (χ0n) is 12.1. The lowest BCUT2D eigenvalue weighted by atomic mass is 10.1. The van der Waals surface area contributed by atoms with Crippen LogP contribution in [0.3, 0.4) is 0 Å². The molecule has 0 saturated carbocycles. The lowest BCUT2D eigenvalue weighted by molar-refractivity contribution is 0.319. The minimum Gasteiger partial charge on any atom is -0.326 e. The molecule has 0 saturated heterocycles. The van der Waals surface area contributed by atoms with Gasteiger partial charge in [-0.1, -0.05) is 42.0 Å². The molecule has 3 heteroatoms. The van der Waals surface area contributed by atoms with Crippen LogP contribution in [0.15, 0.2) is 42.5 Å². The van der Waals surface area contributed by atoms with Gasteiger partial charge in [0.25, 0.3) is 0 Å². The van der Waals surface area contributed by atoms with Gasteiger partial charge in [0.2, 0.25) is 0 Å². The van der Waals surface area contributed by atoms with Crippen LogP contribution < -0.4 is 5.73 Å². The van der Waals surface area contributed by atoms with Gasteiger partial charge in [0.1, 0.15) is 5.82 Å². The lowest BCUT2D eigenvalue weighted by Gasteiger charge is -2.17. The van der Waals surface area contributed by atoms with Gasteiger partial charge in [0.05, 0.1) is 0 Å². The highest BCUT2D eigenvalue weighted by Crippen LogP contribution is 2.13. The Morgan fingerprint density at radius 3 is 2.40 bits per heavy atom. The van der Waals surface area contributed by atoms with Gasteiger partial charge in [-0.2, -0.15) is 0 Å². The zero-order valence-corrected chi connectivity index (χ0v) is 12.1. The molecule has 0 aromatic heterocycles. The van der Waals surface area contributed by atoms with Crippen LogP contribution in [0.5, 0.6) is 0 Å². The predicted molar refractivity (Wildman–Crippen MR) is 80.6 cm³/mol. The molecular weight excluding hydrogens is 251 g/mol. The van der Waals surface area contributed by atoms with Crippen molar-refractivity contribution < 1.29 is 4.39 Å². The van der Waals surface area contributed by atoms with Crippen LogP contribution >= 0.6 is 0 Å². The Kier molecular flexibility index (Phi) is 4.88.